The number of nitrogens with zero attached hydrogens (tertiary/aromatic N) is 2. The molecule has 3 rings (SSSR count). The van der Waals surface area contributed by atoms with Gasteiger partial charge < -0.3 is 15.5 Å². The van der Waals surface area contributed by atoms with Crippen molar-refractivity contribution in [2.45, 2.75) is 50.5 Å². The van der Waals surface area contributed by atoms with Gasteiger partial charge in [-0.05, 0) is 50.9 Å². The normalized spacial score (nSPS) is 24.1. The average molecular weight is 456 g/mol. The summed E-state index contributed by atoms with van der Waals surface area (Å²) < 4.78 is 0. The van der Waals surface area contributed by atoms with Crippen molar-refractivity contribution in [3.63, 3.8) is 0 Å². The van der Waals surface area contributed by atoms with Crippen LogP contribution in [-0.4, -0.2) is 50.1 Å². The molecule has 1 saturated carbocycles. The van der Waals surface area contributed by atoms with Crippen LogP contribution >= 0.6 is 24.0 Å². The maximum atomic E-state index is 4.38. The van der Waals surface area contributed by atoms with Gasteiger partial charge in [0, 0.05) is 25.6 Å². The minimum Gasteiger partial charge on any atom is -0.356 e. The number of rotatable bonds is 6. The van der Waals surface area contributed by atoms with Crippen LogP contribution in [0.15, 0.2) is 35.3 Å². The molecular formula is C20H33IN4. The second kappa shape index (κ2) is 11.0. The first-order valence-electron chi connectivity index (χ1n) is 9.61. The number of hydrogen-bond donors (Lipinski definition) is 2. The van der Waals surface area contributed by atoms with Gasteiger partial charge in [-0.25, -0.2) is 0 Å². The molecule has 2 atom stereocenters. The summed E-state index contributed by atoms with van der Waals surface area (Å²) in [5, 5.41) is 7.04. The highest BCUT2D eigenvalue weighted by Gasteiger charge is 2.38. The molecule has 0 aromatic heterocycles. The quantitative estimate of drug-likeness (QED) is 0.298. The Kier molecular flexibility index (Phi) is 9.03. The Labute approximate surface area is 169 Å². The second-order valence-corrected chi connectivity index (χ2v) is 7.11. The van der Waals surface area contributed by atoms with E-state index in [2.05, 4.69) is 50.9 Å². The molecule has 0 radical (unpaired) electrons. The van der Waals surface area contributed by atoms with Gasteiger partial charge in [-0.2, -0.15) is 0 Å². The first-order valence-corrected chi connectivity index (χ1v) is 9.61. The lowest BCUT2D eigenvalue weighted by Gasteiger charge is -2.20. The molecule has 2 aliphatic rings. The van der Waals surface area contributed by atoms with E-state index in [0.717, 1.165) is 12.5 Å². The number of aliphatic imine (C=N–C) groups is 1. The molecule has 1 aromatic rings. The lowest BCUT2D eigenvalue weighted by atomic mass is 10.1. The molecule has 5 heteroatoms. The molecule has 2 N–H and O–H groups in total. The molecule has 0 amide bonds. The van der Waals surface area contributed by atoms with Crippen molar-refractivity contribution >= 4 is 29.9 Å². The SMILES string of the molecule is CN=C(NCCCN1CCCCCC1)NC1CC1c1ccccc1.I. The number of halogens is 1. The van der Waals surface area contributed by atoms with Crippen LogP contribution in [0.2, 0.25) is 0 Å². The smallest absolute Gasteiger partial charge is 0.191 e. The highest BCUT2D eigenvalue weighted by Crippen LogP contribution is 2.40. The Morgan fingerprint density at radius 3 is 2.52 bits per heavy atom. The fraction of sp³-hybridized carbons (Fsp3) is 0.650. The first-order chi connectivity index (χ1) is 11.9. The summed E-state index contributed by atoms with van der Waals surface area (Å²) in [5.74, 6) is 1.59. The topological polar surface area (TPSA) is 39.7 Å². The van der Waals surface area contributed by atoms with Crippen molar-refractivity contribution in [2.75, 3.05) is 33.2 Å². The molecule has 1 heterocycles. The van der Waals surface area contributed by atoms with Crippen molar-refractivity contribution in [2.24, 2.45) is 4.99 Å². The van der Waals surface area contributed by atoms with Gasteiger partial charge in [-0.15, -0.1) is 24.0 Å². The maximum Gasteiger partial charge on any atom is 0.191 e. The Morgan fingerprint density at radius 1 is 1.12 bits per heavy atom. The summed E-state index contributed by atoms with van der Waals surface area (Å²) in [6.45, 7) is 4.78. The van der Waals surface area contributed by atoms with Crippen molar-refractivity contribution in [1.29, 1.82) is 0 Å². The van der Waals surface area contributed by atoms with E-state index in [0.29, 0.717) is 12.0 Å². The molecule has 1 aliphatic heterocycles. The van der Waals surface area contributed by atoms with Gasteiger partial charge >= 0.3 is 0 Å². The van der Waals surface area contributed by atoms with Gasteiger partial charge in [0.15, 0.2) is 5.96 Å². The zero-order valence-electron chi connectivity index (χ0n) is 15.4. The summed E-state index contributed by atoms with van der Waals surface area (Å²) in [4.78, 5) is 7.00. The van der Waals surface area contributed by atoms with E-state index >= 15 is 0 Å². The number of guanidine groups is 1. The fourth-order valence-electron chi connectivity index (χ4n) is 3.66. The molecule has 0 bridgehead atoms. The van der Waals surface area contributed by atoms with Gasteiger partial charge in [0.1, 0.15) is 0 Å². The molecule has 1 aromatic carbocycles. The molecule has 0 spiro atoms. The third kappa shape index (κ3) is 6.77. The zero-order chi connectivity index (χ0) is 16.6. The standard InChI is InChI=1S/C20H32N4.HI/c1-21-20(22-12-9-15-24-13-7-2-3-8-14-24)23-19-16-18(19)17-10-5-4-6-11-17;/h4-6,10-11,18-19H,2-3,7-9,12-16H2,1H3,(H2,21,22,23);1H. The van der Waals surface area contributed by atoms with E-state index in [1.54, 1.807) is 0 Å². The van der Waals surface area contributed by atoms with E-state index in [9.17, 15) is 0 Å². The molecule has 25 heavy (non-hydrogen) atoms. The molecule has 2 fully saturated rings. The molecule has 1 saturated heterocycles. The van der Waals surface area contributed by atoms with Gasteiger partial charge in [0.05, 0.1) is 0 Å². The van der Waals surface area contributed by atoms with Crippen LogP contribution in [0.25, 0.3) is 0 Å². The number of likely N-dealkylation sites (tertiary alicyclic amines) is 1. The Bertz CT molecular complexity index is 512. The van der Waals surface area contributed by atoms with Crippen LogP contribution in [0.1, 0.15) is 50.0 Å². The summed E-state index contributed by atoms with van der Waals surface area (Å²) in [7, 11) is 1.87. The van der Waals surface area contributed by atoms with Crippen LogP contribution in [0, 0.1) is 0 Å². The Hall–Kier alpha value is -0.820. The third-order valence-corrected chi connectivity index (χ3v) is 5.21. The van der Waals surface area contributed by atoms with E-state index in [4.69, 9.17) is 0 Å². The lowest BCUT2D eigenvalue weighted by Crippen LogP contribution is -2.40. The largest absolute Gasteiger partial charge is 0.356 e. The molecular weight excluding hydrogens is 423 g/mol. The Balaban J connectivity index is 0.00000225. The fourth-order valence-corrected chi connectivity index (χ4v) is 3.66. The van der Waals surface area contributed by atoms with Gasteiger partial charge in [-0.3, -0.25) is 4.99 Å². The number of benzene rings is 1. The number of nitrogens with one attached hydrogen (secondary N) is 2. The maximum absolute atomic E-state index is 4.38. The minimum atomic E-state index is 0. The van der Waals surface area contributed by atoms with E-state index < -0.39 is 0 Å². The molecule has 140 valence electrons. The lowest BCUT2D eigenvalue weighted by molar-refractivity contribution is 0.282. The molecule has 1 aliphatic carbocycles. The Morgan fingerprint density at radius 2 is 1.84 bits per heavy atom. The van der Waals surface area contributed by atoms with E-state index in [1.807, 2.05) is 7.05 Å². The summed E-state index contributed by atoms with van der Waals surface area (Å²) in [6, 6.07) is 11.3. The highest BCUT2D eigenvalue weighted by molar-refractivity contribution is 14.0. The van der Waals surface area contributed by atoms with E-state index in [-0.39, 0.29) is 24.0 Å². The van der Waals surface area contributed by atoms with Crippen molar-refractivity contribution < 1.29 is 0 Å². The minimum absolute atomic E-state index is 0. The predicted molar refractivity (Wildman–Crippen MR) is 117 cm³/mol. The van der Waals surface area contributed by atoms with E-state index in [1.165, 1.54) is 63.7 Å². The van der Waals surface area contributed by atoms with Gasteiger partial charge in [0.2, 0.25) is 0 Å². The van der Waals surface area contributed by atoms with Crippen LogP contribution < -0.4 is 10.6 Å². The van der Waals surface area contributed by atoms with Crippen LogP contribution in [0.4, 0.5) is 0 Å². The van der Waals surface area contributed by atoms with Crippen LogP contribution in [0.3, 0.4) is 0 Å². The summed E-state index contributed by atoms with van der Waals surface area (Å²) in [6.07, 6.45) is 7.97. The van der Waals surface area contributed by atoms with Gasteiger partial charge in [-0.1, -0.05) is 43.2 Å². The monoisotopic (exact) mass is 456 g/mol. The van der Waals surface area contributed by atoms with Crippen LogP contribution in [0.5, 0.6) is 0 Å². The zero-order valence-corrected chi connectivity index (χ0v) is 17.7. The molecule has 4 nitrogen and oxygen atoms in total. The predicted octanol–water partition coefficient (Wildman–Crippen LogP) is 3.59. The van der Waals surface area contributed by atoms with Crippen molar-refractivity contribution in [1.82, 2.24) is 15.5 Å². The molecule has 2 unspecified atom stereocenters. The summed E-state index contributed by atoms with van der Waals surface area (Å²) >= 11 is 0. The average Bonchev–Trinajstić information content (AvgIpc) is 3.42. The van der Waals surface area contributed by atoms with Crippen LogP contribution in [-0.2, 0) is 0 Å². The van der Waals surface area contributed by atoms with Gasteiger partial charge in [0.25, 0.3) is 0 Å². The van der Waals surface area contributed by atoms with Crippen molar-refractivity contribution in [3.05, 3.63) is 35.9 Å². The van der Waals surface area contributed by atoms with Crippen molar-refractivity contribution in [3.8, 4) is 0 Å². The first kappa shape index (κ1) is 20.5. The second-order valence-electron chi connectivity index (χ2n) is 7.11. The number of hydrogen-bond acceptors (Lipinski definition) is 2. The third-order valence-electron chi connectivity index (χ3n) is 5.21. The summed E-state index contributed by atoms with van der Waals surface area (Å²) in [5.41, 5.74) is 1.44. The highest BCUT2D eigenvalue weighted by atomic mass is 127.